The Bertz CT molecular complexity index is 1010. The highest BCUT2D eigenvalue weighted by atomic mass is 35.5. The topological polar surface area (TPSA) is 117 Å². The molecule has 0 aliphatic rings. The van der Waals surface area contributed by atoms with Gasteiger partial charge in [0.15, 0.2) is 0 Å². The summed E-state index contributed by atoms with van der Waals surface area (Å²) in [5.41, 5.74) is 0.173. The molecule has 0 bridgehead atoms. The highest BCUT2D eigenvalue weighted by Gasteiger charge is 2.31. The second kappa shape index (κ2) is 10.8. The summed E-state index contributed by atoms with van der Waals surface area (Å²) >= 11 is 5.97. The smallest absolute Gasteiger partial charge is 0.289 e. The number of ketones is 1. The van der Waals surface area contributed by atoms with E-state index in [0.29, 0.717) is 6.92 Å². The highest BCUT2D eigenvalue weighted by Crippen LogP contribution is 2.23. The first kappa shape index (κ1) is 24.9. The van der Waals surface area contributed by atoms with Gasteiger partial charge in [0, 0.05) is 30.9 Å². The number of carbonyl (C=O) groups excluding carboxylic acids is 4. The lowest BCUT2D eigenvalue weighted by Gasteiger charge is -2.20. The number of amides is 3. The van der Waals surface area contributed by atoms with Crippen LogP contribution in [0, 0.1) is 0 Å². The Hall–Kier alpha value is -3.40. The largest absolute Gasteiger partial charge is 0.353 e. The molecule has 2 aromatic rings. The summed E-state index contributed by atoms with van der Waals surface area (Å²) in [6, 6.07) is 5.62. The van der Waals surface area contributed by atoms with E-state index in [0.717, 1.165) is 0 Å². The summed E-state index contributed by atoms with van der Waals surface area (Å²) in [5.74, 6) is -6.65. The van der Waals surface area contributed by atoms with Crippen LogP contribution in [0.1, 0.15) is 40.5 Å². The maximum Gasteiger partial charge on any atom is 0.289 e. The minimum atomic E-state index is -3.11. The van der Waals surface area contributed by atoms with Crippen molar-refractivity contribution in [2.45, 2.75) is 31.7 Å². The summed E-state index contributed by atoms with van der Waals surface area (Å²) < 4.78 is 26.6. The van der Waals surface area contributed by atoms with Gasteiger partial charge in [-0.2, -0.15) is 0 Å². The molecule has 1 heterocycles. The fourth-order valence-electron chi connectivity index (χ4n) is 2.69. The van der Waals surface area contributed by atoms with Crippen molar-refractivity contribution in [3.63, 3.8) is 0 Å². The number of rotatable bonds is 9. The van der Waals surface area contributed by atoms with E-state index in [2.05, 4.69) is 20.9 Å². The van der Waals surface area contributed by atoms with Crippen molar-refractivity contribution >= 4 is 40.8 Å². The summed E-state index contributed by atoms with van der Waals surface area (Å²) in [6.07, 6.45) is 1.61. The van der Waals surface area contributed by atoms with Crippen LogP contribution in [0.3, 0.4) is 0 Å². The van der Waals surface area contributed by atoms with Gasteiger partial charge < -0.3 is 16.0 Å². The van der Waals surface area contributed by atoms with Gasteiger partial charge in [0.2, 0.25) is 11.7 Å². The molecule has 11 heteroatoms. The number of anilines is 1. The molecule has 3 N–H and O–H groups in total. The molecule has 170 valence electrons. The number of aromatic nitrogens is 1. The second-order valence-corrected chi connectivity index (χ2v) is 7.40. The number of hydrogen-bond acceptors (Lipinski definition) is 5. The van der Waals surface area contributed by atoms with Crippen LogP contribution in [0.2, 0.25) is 5.02 Å². The molecule has 1 atom stereocenters. The van der Waals surface area contributed by atoms with E-state index in [4.69, 9.17) is 11.6 Å². The number of alkyl halides is 2. The fourth-order valence-corrected chi connectivity index (χ4v) is 2.86. The highest BCUT2D eigenvalue weighted by molar-refractivity contribution is 6.38. The lowest BCUT2D eigenvalue weighted by Crippen LogP contribution is -2.47. The van der Waals surface area contributed by atoms with Crippen molar-refractivity contribution < 1.29 is 28.0 Å². The van der Waals surface area contributed by atoms with E-state index in [1.165, 1.54) is 43.7 Å². The molecule has 0 saturated heterocycles. The van der Waals surface area contributed by atoms with Crippen LogP contribution in [0.15, 0.2) is 42.7 Å². The molecule has 0 aliphatic heterocycles. The molecular weight excluding hydrogens is 446 g/mol. The number of pyridine rings is 1. The summed E-state index contributed by atoms with van der Waals surface area (Å²) in [5, 5.41) is 7.11. The number of halogens is 3. The lowest BCUT2D eigenvalue weighted by atomic mass is 10.0. The Balaban J connectivity index is 2.28. The van der Waals surface area contributed by atoms with Crippen LogP contribution in [0.4, 0.5) is 14.5 Å². The van der Waals surface area contributed by atoms with Crippen LogP contribution in [-0.2, 0) is 9.59 Å². The predicted octanol–water partition coefficient (Wildman–Crippen LogP) is 2.84. The van der Waals surface area contributed by atoms with E-state index in [-0.39, 0.29) is 21.8 Å². The minimum Gasteiger partial charge on any atom is -0.353 e. The minimum absolute atomic E-state index is 0.0627. The number of hydrogen-bond donors (Lipinski definition) is 3. The Morgan fingerprint density at radius 2 is 1.88 bits per heavy atom. The van der Waals surface area contributed by atoms with Crippen LogP contribution < -0.4 is 16.0 Å². The molecule has 8 nitrogen and oxygen atoms in total. The maximum absolute atomic E-state index is 13.3. The monoisotopic (exact) mass is 466 g/mol. The zero-order chi connectivity index (χ0) is 23.9. The van der Waals surface area contributed by atoms with Gasteiger partial charge in [-0.05, 0) is 43.7 Å². The first-order valence-corrected chi connectivity index (χ1v) is 9.85. The van der Waals surface area contributed by atoms with Gasteiger partial charge in [-0.3, -0.25) is 24.2 Å². The van der Waals surface area contributed by atoms with Crippen molar-refractivity contribution in [3.8, 4) is 0 Å². The van der Waals surface area contributed by atoms with Gasteiger partial charge in [-0.25, -0.2) is 8.78 Å². The summed E-state index contributed by atoms with van der Waals surface area (Å²) in [7, 11) is 1.20. The quantitative estimate of drug-likeness (QED) is 0.491. The van der Waals surface area contributed by atoms with E-state index < -0.39 is 48.3 Å². The number of likely N-dealkylation sites (N-methyl/N-ethyl adjacent to an activating group) is 1. The van der Waals surface area contributed by atoms with Gasteiger partial charge in [-0.1, -0.05) is 11.6 Å². The van der Waals surface area contributed by atoms with E-state index in [1.807, 2.05) is 0 Å². The van der Waals surface area contributed by atoms with Crippen molar-refractivity contribution in [3.05, 3.63) is 58.9 Å². The predicted molar refractivity (Wildman–Crippen MR) is 114 cm³/mol. The molecule has 2 rings (SSSR count). The third-order valence-electron chi connectivity index (χ3n) is 4.34. The molecule has 1 aromatic carbocycles. The summed E-state index contributed by atoms with van der Waals surface area (Å²) in [6.45, 7) is 0.666. The van der Waals surface area contributed by atoms with Gasteiger partial charge in [0.25, 0.3) is 17.7 Å². The van der Waals surface area contributed by atoms with Crippen LogP contribution in [0.25, 0.3) is 0 Å². The van der Waals surface area contributed by atoms with Crippen LogP contribution >= 0.6 is 11.6 Å². The average Bonchev–Trinajstić information content (AvgIpc) is 2.76. The Morgan fingerprint density at radius 3 is 2.47 bits per heavy atom. The lowest BCUT2D eigenvalue weighted by molar-refractivity contribution is -0.139. The molecule has 0 fully saturated rings. The van der Waals surface area contributed by atoms with Crippen molar-refractivity contribution in [1.82, 2.24) is 15.6 Å². The number of Topliss-reactive ketones (excluding diaryl/α,β-unsaturated/α-hetero) is 1. The number of nitrogens with one attached hydrogen (secondary N) is 3. The average molecular weight is 467 g/mol. The number of nitrogens with zero attached hydrogens (tertiary/aromatic N) is 1. The fraction of sp³-hybridized carbons (Fsp3) is 0.286. The Kier molecular flexibility index (Phi) is 8.36. The SMILES string of the molecule is CNC(=O)C(=O)[C@H](CCC(C)(F)F)NC(=O)c1cc(Cl)ccc1NC(=O)c1cccnc1. The first-order valence-electron chi connectivity index (χ1n) is 9.47. The number of benzene rings is 1. The molecule has 0 unspecified atom stereocenters. The molecule has 32 heavy (non-hydrogen) atoms. The molecule has 1 aromatic heterocycles. The van der Waals surface area contributed by atoms with Gasteiger partial charge in [0.1, 0.15) is 0 Å². The first-order chi connectivity index (χ1) is 15.0. The normalized spacial score (nSPS) is 11.9. The maximum atomic E-state index is 13.3. The van der Waals surface area contributed by atoms with Crippen LogP contribution in [-0.4, -0.2) is 47.5 Å². The molecule has 0 aliphatic carbocycles. The Morgan fingerprint density at radius 1 is 1.16 bits per heavy atom. The molecule has 0 spiro atoms. The van der Waals surface area contributed by atoms with E-state index in [9.17, 15) is 28.0 Å². The zero-order valence-electron chi connectivity index (χ0n) is 17.2. The van der Waals surface area contributed by atoms with E-state index in [1.54, 1.807) is 6.07 Å². The van der Waals surface area contributed by atoms with Gasteiger partial charge >= 0.3 is 0 Å². The standard InChI is InChI=1S/C21H21ClF2N4O4/c1-21(23,24)8-7-16(17(29)20(32)25-2)28-19(31)14-10-13(22)5-6-15(14)27-18(30)12-4-3-9-26-11-12/h3-6,9-11,16H,7-8H2,1-2H3,(H,25,32)(H,27,30)(H,28,31)/t16-/m0/s1. The van der Waals surface area contributed by atoms with Gasteiger partial charge in [0.05, 0.1) is 22.9 Å². The molecule has 3 amide bonds. The number of carbonyl (C=O) groups is 4. The second-order valence-electron chi connectivity index (χ2n) is 6.96. The van der Waals surface area contributed by atoms with Gasteiger partial charge in [-0.15, -0.1) is 0 Å². The van der Waals surface area contributed by atoms with Crippen LogP contribution in [0.5, 0.6) is 0 Å². The van der Waals surface area contributed by atoms with E-state index >= 15 is 0 Å². The summed E-state index contributed by atoms with van der Waals surface area (Å²) in [4.78, 5) is 53.2. The van der Waals surface area contributed by atoms with Crippen molar-refractivity contribution in [2.24, 2.45) is 0 Å². The molecule has 0 saturated carbocycles. The van der Waals surface area contributed by atoms with Crippen molar-refractivity contribution in [1.29, 1.82) is 0 Å². The molecular formula is C21H21ClF2N4O4. The zero-order valence-corrected chi connectivity index (χ0v) is 18.0. The Labute approximate surface area is 187 Å². The van der Waals surface area contributed by atoms with Crippen molar-refractivity contribution in [2.75, 3.05) is 12.4 Å². The third kappa shape index (κ3) is 7.09. The molecule has 0 radical (unpaired) electrons. The third-order valence-corrected chi connectivity index (χ3v) is 4.58.